The quantitative estimate of drug-likeness (QED) is 0.265. The molecular weight excluding hydrogens is 328 g/mol. The fourth-order valence-electron chi connectivity index (χ4n) is 2.59. The Kier molecular flexibility index (Phi) is 13.5. The molecule has 0 amide bonds. The first kappa shape index (κ1) is 24.9. The van der Waals surface area contributed by atoms with Crippen LogP contribution in [0.3, 0.4) is 0 Å². The van der Waals surface area contributed by atoms with E-state index in [0.717, 1.165) is 38.5 Å². The Morgan fingerprint density at radius 1 is 0.731 bits per heavy atom. The van der Waals surface area contributed by atoms with Gasteiger partial charge < -0.3 is 9.47 Å². The van der Waals surface area contributed by atoms with Gasteiger partial charge in [-0.1, -0.05) is 66.2 Å². The Bertz CT molecular complexity index is 386. The van der Waals surface area contributed by atoms with E-state index in [1.807, 2.05) is 27.7 Å². The smallest absolute Gasteiger partial charge is 0.311 e. The molecule has 0 saturated carbocycles. The van der Waals surface area contributed by atoms with Crippen LogP contribution in [-0.2, 0) is 19.1 Å². The van der Waals surface area contributed by atoms with E-state index in [9.17, 15) is 9.59 Å². The summed E-state index contributed by atoms with van der Waals surface area (Å²) in [6, 6.07) is 0. The molecule has 4 nitrogen and oxygen atoms in total. The molecule has 0 aliphatic carbocycles. The van der Waals surface area contributed by atoms with Crippen molar-refractivity contribution in [2.45, 2.75) is 99.3 Å². The zero-order valence-electron chi connectivity index (χ0n) is 18.1. The standard InChI is InChI=1S/C22H42O4/c1-18(2)16-25-20(23)14-12-10-8-7-9-11-13-15-22(5,6)21(24)26-17-19(3)4/h18-19H,7-17H2,1-6H3. The number of esters is 2. The maximum absolute atomic E-state index is 12.1. The largest absolute Gasteiger partial charge is 0.465 e. The van der Waals surface area contributed by atoms with Crippen LogP contribution in [-0.4, -0.2) is 25.2 Å². The third-order valence-corrected chi connectivity index (χ3v) is 4.36. The minimum absolute atomic E-state index is 0.0646. The molecule has 0 aliphatic rings. The van der Waals surface area contributed by atoms with Crippen LogP contribution in [0.2, 0.25) is 0 Å². The highest BCUT2D eigenvalue weighted by Gasteiger charge is 2.28. The molecule has 0 heterocycles. The second-order valence-electron chi connectivity index (χ2n) is 8.93. The molecule has 26 heavy (non-hydrogen) atoms. The van der Waals surface area contributed by atoms with Gasteiger partial charge in [-0.15, -0.1) is 0 Å². The third kappa shape index (κ3) is 14.1. The molecule has 0 atom stereocenters. The van der Waals surface area contributed by atoms with E-state index >= 15 is 0 Å². The minimum atomic E-state index is -0.384. The maximum atomic E-state index is 12.1. The molecule has 0 saturated heterocycles. The van der Waals surface area contributed by atoms with Crippen molar-refractivity contribution in [3.8, 4) is 0 Å². The molecule has 0 aliphatic heterocycles. The highest BCUT2D eigenvalue weighted by molar-refractivity contribution is 5.75. The van der Waals surface area contributed by atoms with Crippen LogP contribution < -0.4 is 0 Å². The van der Waals surface area contributed by atoms with Crippen LogP contribution in [0, 0.1) is 17.3 Å². The summed E-state index contributed by atoms with van der Waals surface area (Å²) >= 11 is 0. The molecule has 0 aromatic carbocycles. The fourth-order valence-corrected chi connectivity index (χ4v) is 2.59. The Labute approximate surface area is 161 Å². The van der Waals surface area contributed by atoms with Crippen molar-refractivity contribution in [2.24, 2.45) is 17.3 Å². The Hall–Kier alpha value is -1.06. The molecule has 154 valence electrons. The highest BCUT2D eigenvalue weighted by Crippen LogP contribution is 2.26. The third-order valence-electron chi connectivity index (χ3n) is 4.36. The number of rotatable bonds is 15. The first-order valence-corrected chi connectivity index (χ1v) is 10.5. The average molecular weight is 371 g/mol. The van der Waals surface area contributed by atoms with Gasteiger partial charge in [0.2, 0.25) is 0 Å². The zero-order chi connectivity index (χ0) is 20.0. The second kappa shape index (κ2) is 14.1. The molecular formula is C22H42O4. The first-order valence-electron chi connectivity index (χ1n) is 10.5. The van der Waals surface area contributed by atoms with E-state index < -0.39 is 0 Å². The van der Waals surface area contributed by atoms with Gasteiger partial charge in [0.1, 0.15) is 0 Å². The summed E-state index contributed by atoms with van der Waals surface area (Å²) in [5.74, 6) is 0.647. The van der Waals surface area contributed by atoms with E-state index in [1.54, 1.807) is 0 Å². The van der Waals surface area contributed by atoms with Gasteiger partial charge in [0.05, 0.1) is 18.6 Å². The number of hydrogen-bond acceptors (Lipinski definition) is 4. The molecule has 4 heteroatoms. The van der Waals surface area contributed by atoms with Crippen molar-refractivity contribution >= 4 is 11.9 Å². The number of unbranched alkanes of at least 4 members (excludes halogenated alkanes) is 6. The molecule has 0 bridgehead atoms. The maximum Gasteiger partial charge on any atom is 0.311 e. The average Bonchev–Trinajstić information content (AvgIpc) is 2.56. The van der Waals surface area contributed by atoms with Crippen LogP contribution >= 0.6 is 0 Å². The van der Waals surface area contributed by atoms with E-state index in [1.165, 1.54) is 12.8 Å². The van der Waals surface area contributed by atoms with Crippen molar-refractivity contribution in [3.63, 3.8) is 0 Å². The predicted octanol–water partition coefficient (Wildman–Crippen LogP) is 5.92. The molecule has 0 N–H and O–H groups in total. The van der Waals surface area contributed by atoms with Gasteiger partial charge in [0.15, 0.2) is 0 Å². The number of carbonyl (C=O) groups is 2. The van der Waals surface area contributed by atoms with Gasteiger partial charge in [-0.05, 0) is 38.5 Å². The Morgan fingerprint density at radius 2 is 1.19 bits per heavy atom. The monoisotopic (exact) mass is 370 g/mol. The van der Waals surface area contributed by atoms with E-state index in [0.29, 0.717) is 31.5 Å². The van der Waals surface area contributed by atoms with Gasteiger partial charge in [-0.3, -0.25) is 9.59 Å². The SMILES string of the molecule is CC(C)COC(=O)CCCCCCCCCC(C)(C)C(=O)OCC(C)C. The van der Waals surface area contributed by atoms with Crippen molar-refractivity contribution < 1.29 is 19.1 Å². The van der Waals surface area contributed by atoms with Crippen molar-refractivity contribution in [1.29, 1.82) is 0 Å². The molecule has 0 aromatic heterocycles. The van der Waals surface area contributed by atoms with Crippen molar-refractivity contribution in [2.75, 3.05) is 13.2 Å². The van der Waals surface area contributed by atoms with Gasteiger partial charge in [0.25, 0.3) is 0 Å². The Balaban J connectivity index is 3.57. The summed E-state index contributed by atoms with van der Waals surface area (Å²) in [7, 11) is 0. The summed E-state index contributed by atoms with van der Waals surface area (Å²) in [6.45, 7) is 13.2. The second-order valence-corrected chi connectivity index (χ2v) is 8.93. The summed E-state index contributed by atoms with van der Waals surface area (Å²) < 4.78 is 10.5. The predicted molar refractivity (Wildman–Crippen MR) is 107 cm³/mol. The van der Waals surface area contributed by atoms with Crippen LogP contribution in [0.1, 0.15) is 99.3 Å². The van der Waals surface area contributed by atoms with Gasteiger partial charge in [-0.2, -0.15) is 0 Å². The van der Waals surface area contributed by atoms with Crippen LogP contribution in [0.5, 0.6) is 0 Å². The van der Waals surface area contributed by atoms with E-state index in [4.69, 9.17) is 9.47 Å². The van der Waals surface area contributed by atoms with Gasteiger partial charge >= 0.3 is 11.9 Å². The fraction of sp³-hybridized carbons (Fsp3) is 0.909. The molecule has 0 rings (SSSR count). The highest BCUT2D eigenvalue weighted by atomic mass is 16.5. The van der Waals surface area contributed by atoms with Crippen molar-refractivity contribution in [1.82, 2.24) is 0 Å². The zero-order valence-corrected chi connectivity index (χ0v) is 18.1. The van der Waals surface area contributed by atoms with Crippen molar-refractivity contribution in [3.05, 3.63) is 0 Å². The lowest BCUT2D eigenvalue weighted by atomic mass is 9.87. The lowest BCUT2D eigenvalue weighted by Crippen LogP contribution is -2.27. The molecule has 0 radical (unpaired) electrons. The number of hydrogen-bond donors (Lipinski definition) is 0. The summed E-state index contributed by atoms with van der Waals surface area (Å²) in [5.41, 5.74) is -0.384. The topological polar surface area (TPSA) is 52.6 Å². The number of carbonyl (C=O) groups excluding carboxylic acids is 2. The molecule has 0 spiro atoms. The number of ether oxygens (including phenoxy) is 2. The van der Waals surface area contributed by atoms with Gasteiger partial charge in [0, 0.05) is 6.42 Å². The molecule has 0 unspecified atom stereocenters. The summed E-state index contributed by atoms with van der Waals surface area (Å²) in [5, 5.41) is 0. The Morgan fingerprint density at radius 3 is 1.73 bits per heavy atom. The minimum Gasteiger partial charge on any atom is -0.465 e. The summed E-state index contributed by atoms with van der Waals surface area (Å²) in [4.78, 5) is 23.6. The lowest BCUT2D eigenvalue weighted by Gasteiger charge is -2.23. The van der Waals surface area contributed by atoms with Crippen LogP contribution in [0.25, 0.3) is 0 Å². The summed E-state index contributed by atoms with van der Waals surface area (Å²) in [6.07, 6.45) is 9.19. The van der Waals surface area contributed by atoms with Crippen LogP contribution in [0.4, 0.5) is 0 Å². The lowest BCUT2D eigenvalue weighted by molar-refractivity contribution is -0.155. The van der Waals surface area contributed by atoms with Crippen LogP contribution in [0.15, 0.2) is 0 Å². The normalized spacial score (nSPS) is 11.8. The van der Waals surface area contributed by atoms with Gasteiger partial charge in [-0.25, -0.2) is 0 Å². The van der Waals surface area contributed by atoms with E-state index in [2.05, 4.69) is 13.8 Å². The first-order chi connectivity index (χ1) is 12.1. The molecule has 0 fully saturated rings. The molecule has 0 aromatic rings. The van der Waals surface area contributed by atoms with E-state index in [-0.39, 0.29) is 17.4 Å².